The van der Waals surface area contributed by atoms with Crippen molar-refractivity contribution in [3.05, 3.63) is 87.9 Å². The van der Waals surface area contributed by atoms with Crippen molar-refractivity contribution < 1.29 is 307 Å². The van der Waals surface area contributed by atoms with Gasteiger partial charge in [-0.2, -0.15) is 0 Å². The number of rotatable bonds is 30. The van der Waals surface area contributed by atoms with Gasteiger partial charge in [0.05, 0.1) is 92.4 Å². The minimum Gasteiger partial charge on any atom is -1.00 e. The number of halogens is 3. The molecule has 2 saturated carbocycles. The minimum absolute atomic E-state index is 0. The summed E-state index contributed by atoms with van der Waals surface area (Å²) in [4.78, 5) is 173. The van der Waals surface area contributed by atoms with Crippen molar-refractivity contribution in [3.63, 3.8) is 0 Å². The Morgan fingerprint density at radius 3 is 1.09 bits per heavy atom. The SMILES string of the molecule is CCOc1cc(O[C@@H]2C[C@@H](C(=O)N[C@]3(C(=O)OC)C[C@H]3CC)N(C(=O)[C@@H](NC(=O)OC(C)(C)C)C3CCOCC3)C2)c2cccc(Cl)c2n1.CCOc1cc(O[C@@H]2C[C@@H](C(=O)O)N(C(=O)[C@@H](NC(=O)OC(C)(C)C)C3CCOCC3)C2)c2cccc(Cl)c2n1.CCOc1cc(O[C@@H]2C[C@@H](C(=O)OC)N(C(=O)[C@@H](NC(=O)OC(C)(C)C)C3CCOCC3)C2)c2cccc(Cl)c2n1.CC[C@@H]1C[C@]1(N)C(=O)OC.O=CO[O-].[Cs+].[Cs+].[H-].[Li+].[OH-]. The fourth-order valence-corrected chi connectivity index (χ4v) is 19.0. The van der Waals surface area contributed by atoms with Gasteiger partial charge in [0.1, 0.15) is 99.7 Å². The predicted molar refractivity (Wildman–Crippen MR) is 526 cm³/mol. The number of carbonyl (C=O) groups is 12. The van der Waals surface area contributed by atoms with E-state index in [1.807, 2.05) is 46.8 Å². The molecule has 8 N–H and O–H groups in total. The molecule has 802 valence electrons. The van der Waals surface area contributed by atoms with Gasteiger partial charge in [-0.25, -0.2) is 43.7 Å². The molecule has 6 saturated heterocycles. The second-order valence-corrected chi connectivity index (χ2v) is 40.1. The number of benzene rings is 3. The van der Waals surface area contributed by atoms with Gasteiger partial charge in [-0.15, -0.1) is 0 Å². The Hall–Kier alpha value is -6.94. The summed E-state index contributed by atoms with van der Waals surface area (Å²) in [5, 5.41) is 32.9. The van der Waals surface area contributed by atoms with Crippen molar-refractivity contribution in [3.8, 4) is 34.9 Å². The molecule has 0 unspecified atom stereocenters. The fraction of sp³-hybridized carbons (Fsp3) is 0.610. The number of nitrogens with one attached hydrogen (secondary N) is 4. The van der Waals surface area contributed by atoms with Crippen LogP contribution >= 0.6 is 34.8 Å². The average molecular weight is 2370 g/mol. The number of hydrogen-bond donors (Lipinski definition) is 6. The number of carboxylic acids is 1. The topological polar surface area (TPSA) is 548 Å². The molecular formula is C100H137Cl3Cs2LiN11O31. The second-order valence-electron chi connectivity index (χ2n) is 38.9. The van der Waals surface area contributed by atoms with Gasteiger partial charge >= 0.3 is 199 Å². The summed E-state index contributed by atoms with van der Waals surface area (Å²) < 4.78 is 83.7. The van der Waals surface area contributed by atoms with Crippen LogP contribution in [0.5, 0.6) is 34.9 Å². The van der Waals surface area contributed by atoms with Gasteiger partial charge in [-0.05, 0) is 200 Å². The Labute approximate surface area is 1010 Å². The number of hydrogen-bond acceptors (Lipinski definition) is 34. The number of para-hydroxylation sites is 3. The van der Waals surface area contributed by atoms with Crippen molar-refractivity contribution in [2.75, 3.05) is 100 Å². The van der Waals surface area contributed by atoms with Crippen LogP contribution in [0.15, 0.2) is 72.8 Å². The molecule has 7 amide bonds. The Morgan fingerprint density at radius 1 is 0.500 bits per heavy atom. The molecule has 3 aromatic carbocycles. The van der Waals surface area contributed by atoms with E-state index in [1.54, 1.807) is 123 Å². The molecule has 0 bridgehead atoms. The minimum atomic E-state index is -1.16. The number of nitrogens with zero attached hydrogens (tertiary/aromatic N) is 6. The van der Waals surface area contributed by atoms with Crippen LogP contribution in [0, 0.1) is 29.6 Å². The van der Waals surface area contributed by atoms with Gasteiger partial charge in [0.2, 0.25) is 41.3 Å². The van der Waals surface area contributed by atoms with Gasteiger partial charge in [0.25, 0.3) is 6.47 Å². The van der Waals surface area contributed by atoms with E-state index >= 15 is 0 Å². The predicted octanol–water partition coefficient (Wildman–Crippen LogP) is 2.25. The van der Waals surface area contributed by atoms with Gasteiger partial charge in [-0.3, -0.25) is 28.8 Å². The van der Waals surface area contributed by atoms with Crippen LogP contribution in [0.2, 0.25) is 15.1 Å². The smallest absolute Gasteiger partial charge is 1.00 e. The third-order valence-electron chi connectivity index (χ3n) is 25.4. The molecule has 6 aromatic rings. The van der Waals surface area contributed by atoms with E-state index in [4.69, 9.17) is 117 Å². The molecule has 3 aromatic heterocycles. The van der Waals surface area contributed by atoms with E-state index in [1.165, 1.54) is 36.0 Å². The van der Waals surface area contributed by atoms with E-state index in [0.717, 1.165) is 12.8 Å². The molecule has 6 aliphatic heterocycles. The Bertz CT molecular complexity index is 5510. The largest absolute Gasteiger partial charge is 1.00 e. The zero-order chi connectivity index (χ0) is 105. The third kappa shape index (κ3) is 35.5. The number of aromatic nitrogens is 3. The van der Waals surface area contributed by atoms with Crippen LogP contribution in [-0.2, 0) is 90.7 Å². The Balaban J connectivity index is 0.000000363. The van der Waals surface area contributed by atoms with Crippen LogP contribution in [-0.4, -0.2) is 295 Å². The zero-order valence-electron chi connectivity index (χ0n) is 88.9. The summed E-state index contributed by atoms with van der Waals surface area (Å²) in [5.41, 5.74) is 3.09. The number of methoxy groups -OCH3 is 3. The van der Waals surface area contributed by atoms with Gasteiger partial charge in [0.15, 0.2) is 0 Å². The number of aliphatic carboxylic acids is 1. The molecule has 13 atom stereocenters. The number of amides is 7. The standard InChI is InChI=1S/C35H47ClN4O9.C29H38ClN3O8.C28H36ClN3O8.C7H13NO2.CH2O3.2Cs.Li.H2O.H/c1-7-21-18-35(21,32(43)45-6)39-30(41)25-16-22(48-26-17-27(47-8-2)37-29-23(26)10-9-11-24(29)36)19-40(25)31(42)28(20-12-14-46-15-13-20)38-33(44)49-34(3,4)5;1-6-39-23-15-22(19-8-7-9-20(30)25(19)31-23)40-18-14-21(27(35)37-5)33(16-18)26(34)24(17-10-12-38-13-11-17)32-28(36)41-29(2,3)4;1-5-38-22-14-21(18-7-6-8-19(29)24(18)30-22)39-17-13-20(26(34)35)32(15-17)25(33)23(16-9-11-37-12-10-16)31-27(36)40-28(2,3)4;1-3-5-4-7(5,8)6(9)10-2;2-1-4-3;;;;;/h9-11,17,20-22,25,28H,7-8,12-16,18-19H2,1-6H3,(H,38,44)(H,39,41);7-9,15,17-18,21,24H,6,10-14,16H2,1-5H3,(H,32,36);6-8,14,16-17,20,23H,5,9-13,15H2,1-4H3,(H,31,36)(H,34,35);5H,3-4,8H2,1-2H3;1,3H;;;;1H2;/q;;;;;3*+1;;-1/p-2/t21-,22-,25+,28+,35-;18-,21+,24+;17-,20+,23+;5-,7-;;;;;;/m1111....../s1. The van der Waals surface area contributed by atoms with Crippen LogP contribution in [0.1, 0.15) is 182 Å². The van der Waals surface area contributed by atoms with Crippen molar-refractivity contribution in [1.82, 2.24) is 50.9 Å². The van der Waals surface area contributed by atoms with E-state index in [2.05, 4.69) is 45.8 Å². The first-order chi connectivity index (χ1) is 68.3. The first kappa shape index (κ1) is 130. The monoisotopic (exact) mass is 2370 g/mol. The van der Waals surface area contributed by atoms with E-state index in [0.29, 0.717) is 199 Å². The van der Waals surface area contributed by atoms with E-state index < -0.39 is 142 Å². The molecular weight excluding hydrogens is 2230 g/mol. The summed E-state index contributed by atoms with van der Waals surface area (Å²) in [6, 6.07) is 15.0. The molecule has 42 nitrogen and oxygen atoms in total. The first-order valence-electron chi connectivity index (χ1n) is 48.4. The maximum Gasteiger partial charge on any atom is 1.00 e. The van der Waals surface area contributed by atoms with Crippen LogP contribution in [0.25, 0.3) is 32.7 Å². The van der Waals surface area contributed by atoms with Crippen molar-refractivity contribution >= 4 is 140 Å². The Kier molecular flexibility index (Phi) is 52.3. The van der Waals surface area contributed by atoms with Gasteiger partial charge in [-0.1, -0.05) is 79.7 Å². The average Bonchev–Trinajstić information content (AvgIpc) is 1.57. The molecule has 8 fully saturated rings. The molecule has 14 rings (SSSR count). The molecule has 2 aliphatic carbocycles. The fourth-order valence-electron chi connectivity index (χ4n) is 18.4. The first-order valence-corrected chi connectivity index (χ1v) is 49.6. The molecule has 148 heavy (non-hydrogen) atoms. The molecule has 8 aliphatic rings. The van der Waals surface area contributed by atoms with Gasteiger partial charge in [0, 0.05) is 93.3 Å². The normalized spacial score (nSPS) is 22.0. The second kappa shape index (κ2) is 59.7. The van der Waals surface area contributed by atoms with Crippen molar-refractivity contribution in [2.24, 2.45) is 35.3 Å². The van der Waals surface area contributed by atoms with Gasteiger partial charge < -0.3 is 135 Å². The van der Waals surface area contributed by atoms with Crippen LogP contribution in [0.4, 0.5) is 14.4 Å². The van der Waals surface area contributed by atoms with Crippen LogP contribution < -0.4 is 217 Å². The zero-order valence-corrected chi connectivity index (χ0v) is 103. The van der Waals surface area contributed by atoms with Crippen LogP contribution in [0.3, 0.4) is 0 Å². The Morgan fingerprint density at radius 2 is 0.811 bits per heavy atom. The maximum absolute atomic E-state index is 14.6. The number of esters is 3. The summed E-state index contributed by atoms with van der Waals surface area (Å²) in [7, 11) is 3.95. The summed E-state index contributed by atoms with van der Waals surface area (Å²) in [5.74, 6) is -2.46. The van der Waals surface area contributed by atoms with E-state index in [-0.39, 0.29) is 239 Å². The number of alkyl carbamates (subject to hydrolysis) is 3. The molecule has 9 heterocycles. The summed E-state index contributed by atoms with van der Waals surface area (Å²) in [6.07, 6.45) is 2.52. The number of carboxylic acid groups (broad SMARTS) is 1. The molecule has 48 heteroatoms. The number of nitrogens with two attached hydrogens (primary N) is 1. The third-order valence-corrected chi connectivity index (χ3v) is 26.3. The quantitative estimate of drug-likeness (QED) is 0.00940. The number of fused-ring (bicyclic) bond motifs is 3. The van der Waals surface area contributed by atoms with Crippen molar-refractivity contribution in [1.29, 1.82) is 0 Å². The summed E-state index contributed by atoms with van der Waals surface area (Å²) in [6.45, 7) is 29.0. The summed E-state index contributed by atoms with van der Waals surface area (Å²) >= 11 is 19.3. The number of carbonyl (C=O) groups excluding carboxylic acids is 11. The van der Waals surface area contributed by atoms with Crippen molar-refractivity contribution in [2.45, 2.75) is 263 Å². The maximum atomic E-state index is 14.6. The number of likely N-dealkylation sites (tertiary alicyclic amines) is 3. The number of pyridine rings is 3. The number of ether oxygens (including phenoxy) is 15. The molecule has 0 spiro atoms. The molecule has 0 radical (unpaired) electrons. The van der Waals surface area contributed by atoms with E-state index in [9.17, 15) is 57.8 Å².